The maximum atomic E-state index is 14.5. The molecule has 2 aliphatic carbocycles. The van der Waals surface area contributed by atoms with Crippen LogP contribution < -0.4 is 20.1 Å². The van der Waals surface area contributed by atoms with Gasteiger partial charge >= 0.3 is 0 Å². The highest BCUT2D eigenvalue weighted by Gasteiger charge is 2.67. The summed E-state index contributed by atoms with van der Waals surface area (Å²) in [6.07, 6.45) is -3.96. The number of thiazole rings is 1. The second-order valence-corrected chi connectivity index (χ2v) is 18.4. The van der Waals surface area contributed by atoms with E-state index in [4.69, 9.17) is 14.7 Å². The van der Waals surface area contributed by atoms with Gasteiger partial charge in [0.15, 0.2) is 0 Å². The standard InChI is InChI=1S/C35H37F2N7O7S3/c1-34(2,3)27(41-29(45)23-16-52-17-38-23)32(47)44-15-18(51-31-26(25-9-6-12-53-25)39-21-7-4-5-8-22(21)40-31)13-24(44)30(46)42-35(14-20(35)28(36)37)33(48)43-54(49,50)19-10-11-19/h4-9,12,16-20,24,27-28H,10-11,13-15H2,1-3H3,(H,41,45)(H,42,46)(H,43,48)/t18-,20+,24?,27-,35-/m1/s1. The summed E-state index contributed by atoms with van der Waals surface area (Å²) in [7, 11) is -4.13. The monoisotopic (exact) mass is 801 g/mol. The molecule has 3 aliphatic rings. The third-order valence-corrected chi connectivity index (χ3v) is 13.0. The minimum atomic E-state index is -4.13. The van der Waals surface area contributed by atoms with E-state index in [0.717, 1.165) is 4.88 Å². The summed E-state index contributed by atoms with van der Waals surface area (Å²) in [4.78, 5) is 70.8. The Bertz CT molecular complexity index is 2200. The number of benzene rings is 1. The fourth-order valence-corrected chi connectivity index (χ4v) is 9.16. The number of likely N-dealkylation sites (tertiary alicyclic amines) is 1. The number of amides is 4. The van der Waals surface area contributed by atoms with E-state index in [2.05, 4.69) is 15.6 Å². The molecule has 2 saturated carbocycles. The zero-order valence-electron chi connectivity index (χ0n) is 29.3. The topological polar surface area (TPSA) is 190 Å². The van der Waals surface area contributed by atoms with Crippen molar-refractivity contribution < 1.29 is 41.1 Å². The molecule has 1 aromatic carbocycles. The molecule has 19 heteroatoms. The van der Waals surface area contributed by atoms with Crippen molar-refractivity contribution in [1.29, 1.82) is 0 Å². The van der Waals surface area contributed by atoms with Crippen LogP contribution in [0.15, 0.2) is 52.7 Å². The van der Waals surface area contributed by atoms with Crippen LogP contribution in [0.4, 0.5) is 8.78 Å². The second kappa shape index (κ2) is 14.2. The Morgan fingerprint density at radius 1 is 1.06 bits per heavy atom. The van der Waals surface area contributed by atoms with E-state index in [0.29, 0.717) is 29.6 Å². The molecule has 3 N–H and O–H groups in total. The van der Waals surface area contributed by atoms with Crippen LogP contribution in [0.25, 0.3) is 21.6 Å². The van der Waals surface area contributed by atoms with Crippen molar-refractivity contribution in [2.24, 2.45) is 11.3 Å². The molecule has 5 atom stereocenters. The van der Waals surface area contributed by atoms with Crippen LogP contribution in [-0.4, -0.2) is 93.8 Å². The van der Waals surface area contributed by atoms with Gasteiger partial charge in [-0.1, -0.05) is 39.0 Å². The summed E-state index contributed by atoms with van der Waals surface area (Å²) in [6, 6.07) is 8.29. The molecule has 4 amide bonds. The molecule has 0 bridgehead atoms. The smallest absolute Gasteiger partial charge is 0.271 e. The number of alkyl halides is 2. The van der Waals surface area contributed by atoms with Gasteiger partial charge in [0.1, 0.15) is 35.1 Å². The molecule has 3 aromatic heterocycles. The molecule has 1 saturated heterocycles. The highest BCUT2D eigenvalue weighted by Crippen LogP contribution is 2.48. The maximum absolute atomic E-state index is 14.5. The third kappa shape index (κ3) is 7.52. The Labute approximate surface area is 317 Å². The zero-order chi connectivity index (χ0) is 38.6. The number of aromatic nitrogens is 3. The summed E-state index contributed by atoms with van der Waals surface area (Å²) in [6.45, 7) is 4.99. The predicted octanol–water partition coefficient (Wildman–Crippen LogP) is 3.76. The molecule has 4 aromatic rings. The van der Waals surface area contributed by atoms with Gasteiger partial charge in [0.05, 0.1) is 39.1 Å². The summed E-state index contributed by atoms with van der Waals surface area (Å²) in [5, 5.41) is 7.74. The van der Waals surface area contributed by atoms with Gasteiger partial charge in [-0.3, -0.25) is 23.9 Å². The van der Waals surface area contributed by atoms with Crippen molar-refractivity contribution in [1.82, 2.24) is 35.2 Å². The first-order valence-corrected chi connectivity index (χ1v) is 20.6. The summed E-state index contributed by atoms with van der Waals surface area (Å²) >= 11 is 2.60. The van der Waals surface area contributed by atoms with Crippen LogP contribution in [0.1, 0.15) is 56.9 Å². The number of halogens is 2. The van der Waals surface area contributed by atoms with Gasteiger partial charge in [-0.15, -0.1) is 22.7 Å². The lowest BCUT2D eigenvalue weighted by Gasteiger charge is -2.35. The second-order valence-electron chi connectivity index (χ2n) is 14.8. The van der Waals surface area contributed by atoms with E-state index in [1.807, 2.05) is 28.3 Å². The molecule has 286 valence electrons. The normalized spacial score (nSPS) is 23.2. The first-order chi connectivity index (χ1) is 25.6. The number of nitrogens with one attached hydrogen (secondary N) is 3. The summed E-state index contributed by atoms with van der Waals surface area (Å²) < 4.78 is 61.9. The molecule has 1 unspecified atom stereocenters. The van der Waals surface area contributed by atoms with Crippen molar-refractivity contribution >= 4 is 67.4 Å². The Hall–Kier alpha value is -4.62. The van der Waals surface area contributed by atoms with Crippen LogP contribution in [0, 0.1) is 11.3 Å². The number of rotatable bonds is 12. The average molecular weight is 802 g/mol. The Balaban J connectivity index is 1.21. The van der Waals surface area contributed by atoms with Crippen molar-refractivity contribution in [3.8, 4) is 16.5 Å². The van der Waals surface area contributed by atoms with Crippen LogP contribution in [-0.2, 0) is 24.4 Å². The van der Waals surface area contributed by atoms with Gasteiger partial charge in [-0.05, 0) is 48.3 Å². The van der Waals surface area contributed by atoms with E-state index in [9.17, 15) is 36.4 Å². The number of fused-ring (bicyclic) bond motifs is 1. The Kier molecular flexibility index (Phi) is 9.93. The van der Waals surface area contributed by atoms with Gasteiger partial charge in [-0.25, -0.2) is 32.2 Å². The molecular formula is C35H37F2N7O7S3. The molecule has 1 aliphatic heterocycles. The molecular weight excluding hydrogens is 765 g/mol. The van der Waals surface area contributed by atoms with Crippen LogP contribution in [0.5, 0.6) is 5.88 Å². The first-order valence-electron chi connectivity index (χ1n) is 17.2. The van der Waals surface area contributed by atoms with E-state index in [1.165, 1.54) is 38.5 Å². The first kappa shape index (κ1) is 37.7. The zero-order valence-corrected chi connectivity index (χ0v) is 31.8. The van der Waals surface area contributed by atoms with Crippen molar-refractivity contribution in [2.45, 2.75) is 81.9 Å². The van der Waals surface area contributed by atoms with Gasteiger partial charge < -0.3 is 20.3 Å². The van der Waals surface area contributed by atoms with Crippen molar-refractivity contribution in [2.75, 3.05) is 6.54 Å². The number of para-hydroxylation sites is 2. The molecule has 7 rings (SSSR count). The fraction of sp³-hybridized carbons (Fsp3) is 0.457. The number of thiophene rings is 1. The number of carbonyl (C=O) groups excluding carboxylic acids is 4. The van der Waals surface area contributed by atoms with E-state index < -0.39 is 86.8 Å². The average Bonchev–Trinajstić information content (AvgIpc) is 3.86. The minimum Gasteiger partial charge on any atom is -0.471 e. The van der Waals surface area contributed by atoms with Crippen LogP contribution in [0.2, 0.25) is 0 Å². The van der Waals surface area contributed by atoms with Crippen LogP contribution in [0.3, 0.4) is 0 Å². The molecule has 0 spiro atoms. The quantitative estimate of drug-likeness (QED) is 0.190. The molecule has 0 radical (unpaired) electrons. The fourth-order valence-electron chi connectivity index (χ4n) is 6.56. The van der Waals surface area contributed by atoms with E-state index in [-0.39, 0.29) is 24.5 Å². The van der Waals surface area contributed by atoms with E-state index >= 15 is 0 Å². The number of nitrogens with zero attached hydrogens (tertiary/aromatic N) is 4. The SMILES string of the molecule is CC(C)(C)[C@H](NC(=O)c1cscn1)C(=O)N1C[C@H](Oc2nc3ccccc3nc2-c2cccs2)CC1C(=O)N[C@]1(C(=O)NS(=O)(=O)C2CC2)C[C@H]1C(F)F. The van der Waals surface area contributed by atoms with Crippen molar-refractivity contribution in [3.63, 3.8) is 0 Å². The van der Waals surface area contributed by atoms with Gasteiger partial charge in [-0.2, -0.15) is 0 Å². The Morgan fingerprint density at radius 3 is 2.37 bits per heavy atom. The van der Waals surface area contributed by atoms with Gasteiger partial charge in [0, 0.05) is 11.8 Å². The largest absolute Gasteiger partial charge is 0.471 e. The lowest BCUT2D eigenvalue weighted by atomic mass is 9.85. The summed E-state index contributed by atoms with van der Waals surface area (Å²) in [5.74, 6) is -5.02. The number of hydrogen-bond donors (Lipinski definition) is 3. The number of sulfonamides is 1. The van der Waals surface area contributed by atoms with E-state index in [1.54, 1.807) is 39.0 Å². The van der Waals surface area contributed by atoms with Gasteiger partial charge in [0.2, 0.25) is 34.1 Å². The highest BCUT2D eigenvalue weighted by atomic mass is 32.2. The van der Waals surface area contributed by atoms with Gasteiger partial charge in [0.25, 0.3) is 11.8 Å². The molecule has 54 heavy (non-hydrogen) atoms. The lowest BCUT2D eigenvalue weighted by molar-refractivity contribution is -0.143. The summed E-state index contributed by atoms with van der Waals surface area (Å²) in [5.41, 5.74) is 0.0272. The molecule has 3 fully saturated rings. The number of hydrogen-bond acceptors (Lipinski definition) is 12. The third-order valence-electron chi connectivity index (χ3n) is 9.74. The number of carbonyl (C=O) groups is 4. The Morgan fingerprint density at radius 2 is 1.78 bits per heavy atom. The minimum absolute atomic E-state index is 0.0934. The lowest BCUT2D eigenvalue weighted by Crippen LogP contribution is -2.60. The highest BCUT2D eigenvalue weighted by molar-refractivity contribution is 7.91. The van der Waals surface area contributed by atoms with Crippen molar-refractivity contribution in [3.05, 3.63) is 58.4 Å². The molecule has 4 heterocycles. The molecule has 14 nitrogen and oxygen atoms in total. The van der Waals surface area contributed by atoms with Crippen LogP contribution >= 0.6 is 22.7 Å². The maximum Gasteiger partial charge on any atom is 0.271 e. The number of ether oxygens (including phenoxy) is 1. The predicted molar refractivity (Wildman–Crippen MR) is 195 cm³/mol.